The van der Waals surface area contributed by atoms with Crippen LogP contribution in [0.2, 0.25) is 10.0 Å². The van der Waals surface area contributed by atoms with Crippen LogP contribution in [0.4, 0.5) is 26.3 Å². The lowest BCUT2D eigenvalue weighted by molar-refractivity contribution is -0.275. The third-order valence-electron chi connectivity index (χ3n) is 5.27. The number of hydrogen-bond acceptors (Lipinski definition) is 4. The average Bonchev–Trinajstić information content (AvgIpc) is 3.45. The first-order valence-corrected chi connectivity index (χ1v) is 10.8. The molecule has 0 radical (unpaired) electrons. The number of hydrogen-bond donors (Lipinski definition) is 1. The Kier molecular flexibility index (Phi) is 6.69. The van der Waals surface area contributed by atoms with E-state index in [0.29, 0.717) is 11.3 Å². The van der Waals surface area contributed by atoms with Crippen molar-refractivity contribution in [2.45, 2.75) is 24.4 Å². The molecular weight excluding hydrogens is 537 g/mol. The number of halogens is 8. The predicted octanol–water partition coefficient (Wildman–Crippen LogP) is 6.05. The molecule has 36 heavy (non-hydrogen) atoms. The lowest BCUT2D eigenvalue weighted by atomic mass is 9.86. The summed E-state index contributed by atoms with van der Waals surface area (Å²) in [6.07, 6.45) is -7.74. The Bertz CT molecular complexity index is 1300. The monoisotopic (exact) mass is 550 g/mol. The van der Waals surface area contributed by atoms with Gasteiger partial charge in [-0.1, -0.05) is 40.5 Å². The van der Waals surface area contributed by atoms with E-state index in [4.69, 9.17) is 28.0 Å². The molecule has 0 saturated heterocycles. The third kappa shape index (κ3) is 5.29. The van der Waals surface area contributed by atoms with Crippen LogP contribution in [0.5, 0.6) is 0 Å². The molecule has 14 heteroatoms. The maximum Gasteiger partial charge on any atom is 0.435 e. The minimum absolute atomic E-state index is 0.00760. The van der Waals surface area contributed by atoms with Crippen molar-refractivity contribution in [2.24, 2.45) is 5.16 Å². The quantitative estimate of drug-likeness (QED) is 0.393. The number of amides is 1. The highest BCUT2D eigenvalue weighted by molar-refractivity contribution is 6.34. The lowest BCUT2D eigenvalue weighted by Crippen LogP contribution is -2.42. The van der Waals surface area contributed by atoms with Crippen molar-refractivity contribution in [3.05, 3.63) is 81.6 Å². The summed E-state index contributed by atoms with van der Waals surface area (Å²) >= 11 is 11.8. The van der Waals surface area contributed by atoms with Gasteiger partial charge in [0.2, 0.25) is 0 Å². The zero-order valence-corrected chi connectivity index (χ0v) is 19.3. The number of rotatable bonds is 5. The zero-order valence-electron chi connectivity index (χ0n) is 17.8. The molecule has 190 valence electrons. The number of aromatic nitrogens is 2. The van der Waals surface area contributed by atoms with Crippen LogP contribution in [-0.2, 0) is 10.4 Å². The third-order valence-corrected chi connectivity index (χ3v) is 5.71. The molecule has 2 heterocycles. The van der Waals surface area contributed by atoms with Gasteiger partial charge >= 0.3 is 12.4 Å². The van der Waals surface area contributed by atoms with Crippen LogP contribution in [0.25, 0.3) is 5.69 Å². The van der Waals surface area contributed by atoms with E-state index in [-0.39, 0.29) is 26.9 Å². The molecule has 6 nitrogen and oxygen atoms in total. The molecule has 1 N–H and O–H groups in total. The molecule has 0 bridgehead atoms. The van der Waals surface area contributed by atoms with Crippen LogP contribution >= 0.6 is 23.2 Å². The molecule has 1 aliphatic heterocycles. The molecule has 0 saturated carbocycles. The Morgan fingerprint density at radius 3 is 2.28 bits per heavy atom. The van der Waals surface area contributed by atoms with Crippen molar-refractivity contribution in [2.75, 3.05) is 6.54 Å². The highest BCUT2D eigenvalue weighted by Gasteiger charge is 2.62. The first-order valence-electron chi connectivity index (χ1n) is 10.1. The molecule has 0 aliphatic carbocycles. The molecular formula is C22H14Cl2F6N4O2. The van der Waals surface area contributed by atoms with Gasteiger partial charge in [0.05, 0.1) is 23.2 Å². The van der Waals surface area contributed by atoms with E-state index in [1.165, 1.54) is 41.2 Å². The first-order chi connectivity index (χ1) is 16.8. The Morgan fingerprint density at radius 2 is 1.69 bits per heavy atom. The SMILES string of the molecule is O=C(NCC(F)(F)F)c1cnn(-c2ccc(C3=NOC(c4cc(Cl)cc(Cl)c4)(C(F)(F)F)C3)cc2)c1. The fourth-order valence-corrected chi connectivity index (χ4v) is 4.04. The zero-order chi connectivity index (χ0) is 26.3. The summed E-state index contributed by atoms with van der Waals surface area (Å²) in [7, 11) is 0. The molecule has 1 aliphatic rings. The molecule has 4 rings (SSSR count). The fourth-order valence-electron chi connectivity index (χ4n) is 3.52. The van der Waals surface area contributed by atoms with E-state index >= 15 is 0 Å². The second-order valence-electron chi connectivity index (χ2n) is 7.81. The van der Waals surface area contributed by atoms with Gasteiger partial charge in [-0.15, -0.1) is 0 Å². The van der Waals surface area contributed by atoms with Crippen molar-refractivity contribution in [3.63, 3.8) is 0 Å². The number of carbonyl (C=O) groups excluding carboxylic acids is 1. The van der Waals surface area contributed by atoms with Crippen LogP contribution in [0.1, 0.15) is 27.9 Å². The molecule has 1 atom stereocenters. The number of benzene rings is 2. The van der Waals surface area contributed by atoms with Gasteiger partial charge in [-0.3, -0.25) is 4.79 Å². The molecule has 1 unspecified atom stereocenters. The molecule has 0 fully saturated rings. The van der Waals surface area contributed by atoms with Crippen LogP contribution in [0.3, 0.4) is 0 Å². The van der Waals surface area contributed by atoms with Crippen LogP contribution in [-0.4, -0.2) is 40.3 Å². The normalized spacial score (nSPS) is 18.1. The van der Waals surface area contributed by atoms with Crippen LogP contribution in [0, 0.1) is 0 Å². The van der Waals surface area contributed by atoms with E-state index in [9.17, 15) is 31.1 Å². The van der Waals surface area contributed by atoms with Gasteiger partial charge in [-0.25, -0.2) is 4.68 Å². The smallest absolute Gasteiger partial charge is 0.374 e. The summed E-state index contributed by atoms with van der Waals surface area (Å²) in [5, 5.41) is 9.36. The minimum Gasteiger partial charge on any atom is -0.374 e. The predicted molar refractivity (Wildman–Crippen MR) is 118 cm³/mol. The summed E-state index contributed by atoms with van der Waals surface area (Å²) in [5.41, 5.74) is -2.44. The van der Waals surface area contributed by atoms with E-state index < -0.39 is 36.8 Å². The van der Waals surface area contributed by atoms with Crippen LogP contribution in [0.15, 0.2) is 60.0 Å². The van der Waals surface area contributed by atoms with Crippen molar-refractivity contribution < 1.29 is 36.0 Å². The molecule has 1 amide bonds. The van der Waals surface area contributed by atoms with Crippen molar-refractivity contribution in [1.82, 2.24) is 15.1 Å². The van der Waals surface area contributed by atoms with E-state index in [1.807, 2.05) is 0 Å². The standard InChI is InChI=1S/C22H14Cl2F6N4O2/c23-15-5-14(6-16(24)7-15)20(22(28,29)30)8-18(33-36-20)12-1-3-17(4-2-12)34-10-13(9-32-34)19(35)31-11-21(25,26)27/h1-7,9-10H,8,11H2,(H,31,35). The Hall–Kier alpha value is -3.25. The van der Waals surface area contributed by atoms with Crippen molar-refractivity contribution >= 4 is 34.8 Å². The maximum absolute atomic E-state index is 14.1. The summed E-state index contributed by atoms with van der Waals surface area (Å²) in [6.45, 7) is -1.49. The minimum atomic E-state index is -4.84. The van der Waals surface area contributed by atoms with Gasteiger partial charge in [-0.2, -0.15) is 31.4 Å². The van der Waals surface area contributed by atoms with Gasteiger partial charge < -0.3 is 10.2 Å². The van der Waals surface area contributed by atoms with E-state index in [2.05, 4.69) is 10.3 Å². The van der Waals surface area contributed by atoms with Gasteiger partial charge in [0.25, 0.3) is 11.5 Å². The Balaban J connectivity index is 1.53. The Morgan fingerprint density at radius 1 is 1.06 bits per heavy atom. The first kappa shape index (κ1) is 25.8. The van der Waals surface area contributed by atoms with Crippen molar-refractivity contribution in [3.8, 4) is 5.69 Å². The van der Waals surface area contributed by atoms with Gasteiger partial charge in [0, 0.05) is 28.2 Å². The fraction of sp³-hybridized carbons (Fsp3) is 0.227. The lowest BCUT2D eigenvalue weighted by Gasteiger charge is -2.29. The summed E-state index contributed by atoms with van der Waals surface area (Å²) in [5.74, 6) is -0.961. The maximum atomic E-state index is 14.1. The highest BCUT2D eigenvalue weighted by atomic mass is 35.5. The molecule has 0 spiro atoms. The van der Waals surface area contributed by atoms with Gasteiger partial charge in [0.1, 0.15) is 6.54 Å². The summed E-state index contributed by atoms with van der Waals surface area (Å²) in [4.78, 5) is 16.8. The average molecular weight is 551 g/mol. The largest absolute Gasteiger partial charge is 0.435 e. The molecule has 3 aromatic rings. The number of oxime groups is 1. The highest BCUT2D eigenvalue weighted by Crippen LogP contribution is 2.49. The Labute approximate surface area is 209 Å². The second kappa shape index (κ2) is 9.32. The molecule has 2 aromatic carbocycles. The second-order valence-corrected chi connectivity index (χ2v) is 8.68. The number of nitrogens with zero attached hydrogens (tertiary/aromatic N) is 3. The van der Waals surface area contributed by atoms with Crippen LogP contribution < -0.4 is 5.32 Å². The molecule has 1 aromatic heterocycles. The van der Waals surface area contributed by atoms with Gasteiger partial charge in [0.15, 0.2) is 0 Å². The van der Waals surface area contributed by atoms with E-state index in [0.717, 1.165) is 18.3 Å². The van der Waals surface area contributed by atoms with Gasteiger partial charge in [-0.05, 0) is 35.9 Å². The number of carbonyl (C=O) groups is 1. The summed E-state index contributed by atoms with van der Waals surface area (Å²) < 4.78 is 80.5. The topological polar surface area (TPSA) is 68.5 Å². The van der Waals surface area contributed by atoms with Crippen molar-refractivity contribution in [1.29, 1.82) is 0 Å². The number of alkyl halides is 6. The van der Waals surface area contributed by atoms with E-state index in [1.54, 1.807) is 5.32 Å². The number of nitrogens with one attached hydrogen (secondary N) is 1. The summed E-state index contributed by atoms with van der Waals surface area (Å²) in [6, 6.07) is 9.45.